The maximum absolute atomic E-state index is 12.4. The summed E-state index contributed by atoms with van der Waals surface area (Å²) in [7, 11) is 0. The highest BCUT2D eigenvalue weighted by molar-refractivity contribution is 6.06. The molecule has 0 spiro atoms. The normalized spacial score (nSPS) is 10.6. The molecule has 2 aromatic rings. The fourth-order valence-electron chi connectivity index (χ4n) is 2.42. The summed E-state index contributed by atoms with van der Waals surface area (Å²) in [5.74, 6) is 2.07. The van der Waals surface area contributed by atoms with Crippen LogP contribution in [-0.2, 0) is 0 Å². The maximum Gasteiger partial charge on any atom is 0.185 e. The predicted octanol–water partition coefficient (Wildman–Crippen LogP) is 5.73. The van der Waals surface area contributed by atoms with Crippen molar-refractivity contribution >= 4 is 11.9 Å². The Labute approximate surface area is 167 Å². The van der Waals surface area contributed by atoms with Crippen LogP contribution in [0.1, 0.15) is 42.6 Å². The van der Waals surface area contributed by atoms with Gasteiger partial charge in [0.2, 0.25) is 0 Å². The Bertz CT molecular complexity index is 791. The molecule has 2 rings (SSSR count). The van der Waals surface area contributed by atoms with Crippen LogP contribution in [-0.4, -0.2) is 25.6 Å². The number of allylic oxidation sites excluding steroid dienone is 1. The van der Waals surface area contributed by atoms with Crippen molar-refractivity contribution in [2.45, 2.75) is 26.7 Å². The average Bonchev–Trinajstić information content (AvgIpc) is 2.74. The van der Waals surface area contributed by atoms with Gasteiger partial charge in [0, 0.05) is 5.56 Å². The molecule has 4 heteroatoms. The van der Waals surface area contributed by atoms with E-state index in [1.165, 1.54) is 0 Å². The van der Waals surface area contributed by atoms with E-state index >= 15 is 0 Å². The van der Waals surface area contributed by atoms with Crippen molar-refractivity contribution in [3.05, 3.63) is 72.3 Å². The number of hydrogen-bond acceptors (Lipinski definition) is 4. The van der Waals surface area contributed by atoms with Gasteiger partial charge in [-0.3, -0.25) is 4.79 Å². The van der Waals surface area contributed by atoms with Gasteiger partial charge in [-0.25, -0.2) is 0 Å². The number of ketones is 1. The second kappa shape index (κ2) is 11.7. The molecule has 0 aliphatic rings. The molecular formula is C24H28O4. The third-order valence-electron chi connectivity index (χ3n) is 3.82. The first-order valence-corrected chi connectivity index (χ1v) is 9.63. The molecular weight excluding hydrogens is 352 g/mol. The lowest BCUT2D eigenvalue weighted by Gasteiger charge is -2.12. The van der Waals surface area contributed by atoms with Gasteiger partial charge in [-0.05, 0) is 60.9 Å². The van der Waals surface area contributed by atoms with Crippen molar-refractivity contribution in [3.63, 3.8) is 0 Å². The van der Waals surface area contributed by atoms with E-state index in [4.69, 9.17) is 14.2 Å². The van der Waals surface area contributed by atoms with Gasteiger partial charge in [-0.2, -0.15) is 0 Å². The summed E-state index contributed by atoms with van der Waals surface area (Å²) < 4.78 is 17.0. The molecule has 0 aliphatic heterocycles. The van der Waals surface area contributed by atoms with E-state index in [1.54, 1.807) is 42.5 Å². The van der Waals surface area contributed by atoms with Gasteiger partial charge >= 0.3 is 0 Å². The molecule has 0 amide bonds. The quantitative estimate of drug-likeness (QED) is 0.268. The van der Waals surface area contributed by atoms with Crippen LogP contribution in [0, 0.1) is 0 Å². The van der Waals surface area contributed by atoms with Crippen molar-refractivity contribution < 1.29 is 19.0 Å². The standard InChI is InChI=1S/C24H28O4/c1-4-15-26-21-11-9-20(10-12-21)22(25)13-7-19-8-14-23(27-16-5-2)24(18-19)28-17-6-3/h4,7-14,18H,1,5-6,15-17H2,2-3H3. The van der Waals surface area contributed by atoms with Gasteiger partial charge in [0.15, 0.2) is 17.3 Å². The van der Waals surface area contributed by atoms with E-state index in [9.17, 15) is 4.79 Å². The lowest BCUT2D eigenvalue weighted by molar-refractivity contribution is 0.104. The highest BCUT2D eigenvalue weighted by Crippen LogP contribution is 2.29. The largest absolute Gasteiger partial charge is 0.490 e. The molecule has 0 aromatic heterocycles. The number of hydrogen-bond donors (Lipinski definition) is 0. The van der Waals surface area contributed by atoms with Crippen LogP contribution in [0.15, 0.2) is 61.2 Å². The molecule has 0 saturated carbocycles. The van der Waals surface area contributed by atoms with Crippen LogP contribution in [0.4, 0.5) is 0 Å². The minimum absolute atomic E-state index is 0.0717. The predicted molar refractivity (Wildman–Crippen MR) is 114 cm³/mol. The van der Waals surface area contributed by atoms with Crippen LogP contribution in [0.25, 0.3) is 6.08 Å². The van der Waals surface area contributed by atoms with E-state index in [0.717, 1.165) is 24.2 Å². The minimum atomic E-state index is -0.0717. The number of benzene rings is 2. The summed E-state index contributed by atoms with van der Waals surface area (Å²) >= 11 is 0. The van der Waals surface area contributed by atoms with Crippen LogP contribution in [0.2, 0.25) is 0 Å². The van der Waals surface area contributed by atoms with Gasteiger partial charge < -0.3 is 14.2 Å². The van der Waals surface area contributed by atoms with E-state index in [-0.39, 0.29) is 5.78 Å². The highest BCUT2D eigenvalue weighted by Gasteiger charge is 2.07. The zero-order valence-electron chi connectivity index (χ0n) is 16.6. The van der Waals surface area contributed by atoms with Crippen molar-refractivity contribution in [2.75, 3.05) is 19.8 Å². The Hall–Kier alpha value is -3.01. The number of carbonyl (C=O) groups is 1. The Kier molecular flexibility index (Phi) is 8.86. The third-order valence-corrected chi connectivity index (χ3v) is 3.82. The molecule has 0 bridgehead atoms. The smallest absolute Gasteiger partial charge is 0.185 e. The van der Waals surface area contributed by atoms with Crippen molar-refractivity contribution in [1.29, 1.82) is 0 Å². The molecule has 0 unspecified atom stereocenters. The van der Waals surface area contributed by atoms with Gasteiger partial charge in [0.05, 0.1) is 13.2 Å². The van der Waals surface area contributed by atoms with Crippen LogP contribution in [0.5, 0.6) is 17.2 Å². The van der Waals surface area contributed by atoms with Crippen molar-refractivity contribution in [3.8, 4) is 17.2 Å². The highest BCUT2D eigenvalue weighted by atomic mass is 16.5. The molecule has 0 N–H and O–H groups in total. The maximum atomic E-state index is 12.4. The summed E-state index contributed by atoms with van der Waals surface area (Å²) in [5.41, 5.74) is 1.49. The number of carbonyl (C=O) groups excluding carboxylic acids is 1. The Balaban J connectivity index is 2.08. The zero-order valence-corrected chi connectivity index (χ0v) is 16.6. The molecule has 0 heterocycles. The van der Waals surface area contributed by atoms with Crippen LogP contribution >= 0.6 is 0 Å². The zero-order chi connectivity index (χ0) is 20.2. The molecule has 0 radical (unpaired) electrons. The Morgan fingerprint density at radius 3 is 2.25 bits per heavy atom. The monoisotopic (exact) mass is 380 g/mol. The Morgan fingerprint density at radius 2 is 1.61 bits per heavy atom. The Morgan fingerprint density at radius 1 is 0.929 bits per heavy atom. The molecule has 148 valence electrons. The SMILES string of the molecule is C=CCOc1ccc(C(=O)C=Cc2ccc(OCCC)c(OCCC)c2)cc1. The van der Waals surface area contributed by atoms with Crippen LogP contribution in [0.3, 0.4) is 0 Å². The molecule has 0 fully saturated rings. The van der Waals surface area contributed by atoms with Crippen molar-refractivity contribution in [2.24, 2.45) is 0 Å². The van der Waals surface area contributed by atoms with E-state index in [1.807, 2.05) is 18.2 Å². The molecule has 0 saturated heterocycles. The van der Waals surface area contributed by atoms with Gasteiger partial charge in [0.1, 0.15) is 12.4 Å². The molecule has 4 nitrogen and oxygen atoms in total. The summed E-state index contributed by atoms with van der Waals surface area (Å²) in [6, 6.07) is 12.8. The molecule has 28 heavy (non-hydrogen) atoms. The summed E-state index contributed by atoms with van der Waals surface area (Å²) in [6.07, 6.45) is 6.87. The lowest BCUT2D eigenvalue weighted by Crippen LogP contribution is -2.01. The summed E-state index contributed by atoms with van der Waals surface area (Å²) in [6.45, 7) is 9.43. The van der Waals surface area contributed by atoms with E-state index in [0.29, 0.717) is 36.9 Å². The van der Waals surface area contributed by atoms with E-state index < -0.39 is 0 Å². The number of ether oxygens (including phenoxy) is 3. The second-order valence-corrected chi connectivity index (χ2v) is 6.22. The summed E-state index contributed by atoms with van der Waals surface area (Å²) in [5, 5.41) is 0. The fourth-order valence-corrected chi connectivity index (χ4v) is 2.42. The van der Waals surface area contributed by atoms with Gasteiger partial charge in [0.25, 0.3) is 0 Å². The third kappa shape index (κ3) is 6.62. The van der Waals surface area contributed by atoms with Crippen molar-refractivity contribution in [1.82, 2.24) is 0 Å². The van der Waals surface area contributed by atoms with Gasteiger partial charge in [-0.15, -0.1) is 0 Å². The topological polar surface area (TPSA) is 44.8 Å². The van der Waals surface area contributed by atoms with Gasteiger partial charge in [-0.1, -0.05) is 38.6 Å². The number of rotatable bonds is 12. The molecule has 0 aliphatic carbocycles. The lowest BCUT2D eigenvalue weighted by atomic mass is 10.1. The van der Waals surface area contributed by atoms with Crippen LogP contribution < -0.4 is 14.2 Å². The van der Waals surface area contributed by atoms with E-state index in [2.05, 4.69) is 20.4 Å². The first kappa shape index (κ1) is 21.3. The second-order valence-electron chi connectivity index (χ2n) is 6.22. The molecule has 0 atom stereocenters. The first-order chi connectivity index (χ1) is 13.7. The fraction of sp³-hybridized carbons (Fsp3) is 0.292. The first-order valence-electron chi connectivity index (χ1n) is 9.63. The summed E-state index contributed by atoms with van der Waals surface area (Å²) in [4.78, 5) is 12.4. The average molecular weight is 380 g/mol. The minimum Gasteiger partial charge on any atom is -0.490 e. The molecule has 2 aromatic carbocycles.